The zero-order valence-corrected chi connectivity index (χ0v) is 22.1. The quantitative estimate of drug-likeness (QED) is 0.450. The number of carbonyl (C=O) groups is 1. The van der Waals surface area contributed by atoms with E-state index in [-0.39, 0.29) is 22.0 Å². The number of carbonyl (C=O) groups excluding carboxylic acids is 1. The molecule has 37 heavy (non-hydrogen) atoms. The third-order valence-electron chi connectivity index (χ3n) is 7.33. The molecule has 2 aromatic heterocycles. The lowest BCUT2D eigenvalue weighted by Gasteiger charge is -2.25. The molecule has 1 amide bonds. The minimum Gasteiger partial charge on any atom is -0.475 e. The first-order valence-corrected chi connectivity index (χ1v) is 13.8. The first-order chi connectivity index (χ1) is 17.5. The minimum absolute atomic E-state index is 0.00957. The van der Waals surface area contributed by atoms with Gasteiger partial charge in [0, 0.05) is 36.6 Å². The van der Waals surface area contributed by atoms with E-state index in [4.69, 9.17) is 15.5 Å². The molecule has 3 heterocycles. The number of nitrogen functional groups attached to an aromatic ring is 1. The maximum atomic E-state index is 13.3. The summed E-state index contributed by atoms with van der Waals surface area (Å²) in [5.74, 6) is 1.26. The van der Waals surface area contributed by atoms with Crippen molar-refractivity contribution in [3.63, 3.8) is 0 Å². The predicted octanol–water partition coefficient (Wildman–Crippen LogP) is 3.72. The second kappa shape index (κ2) is 9.02. The third kappa shape index (κ3) is 4.85. The number of hydrogen-bond acceptors (Lipinski definition) is 8. The van der Waals surface area contributed by atoms with Gasteiger partial charge in [-0.25, -0.2) is 23.1 Å². The Morgan fingerprint density at radius 2 is 1.86 bits per heavy atom. The van der Waals surface area contributed by atoms with E-state index in [2.05, 4.69) is 28.5 Å². The summed E-state index contributed by atoms with van der Waals surface area (Å²) in [6.45, 7) is 9.89. The van der Waals surface area contributed by atoms with Crippen LogP contribution in [0.1, 0.15) is 38.1 Å². The van der Waals surface area contributed by atoms with Crippen molar-refractivity contribution in [2.24, 2.45) is 17.3 Å². The SMILES string of the molecule is CC(C)Oc1ccc(-c2ccc(C(=O)NS(=O)(=O)c3cccc(N)c3)c(N3CC4C(C3)C4(C)C)n2)cn1. The number of benzene rings is 1. The Hall–Kier alpha value is -3.66. The second-order valence-electron chi connectivity index (χ2n) is 10.6. The molecule has 0 spiro atoms. The van der Waals surface area contributed by atoms with Crippen LogP contribution in [0, 0.1) is 17.3 Å². The second-order valence-corrected chi connectivity index (χ2v) is 12.2. The monoisotopic (exact) mass is 521 g/mol. The van der Waals surface area contributed by atoms with Gasteiger partial charge in [-0.1, -0.05) is 19.9 Å². The number of nitrogens with one attached hydrogen (secondary N) is 1. The van der Waals surface area contributed by atoms with Gasteiger partial charge in [-0.2, -0.15) is 0 Å². The lowest BCUT2D eigenvalue weighted by molar-refractivity contribution is 0.0981. The lowest BCUT2D eigenvalue weighted by Crippen LogP contribution is -2.34. The number of nitrogens with zero attached hydrogens (tertiary/aromatic N) is 3. The van der Waals surface area contributed by atoms with Crippen LogP contribution in [0.5, 0.6) is 5.88 Å². The fraction of sp³-hybridized carbons (Fsp3) is 0.370. The molecular formula is C27H31N5O4S. The van der Waals surface area contributed by atoms with E-state index in [1.54, 1.807) is 30.5 Å². The van der Waals surface area contributed by atoms with Gasteiger partial charge in [0.1, 0.15) is 5.82 Å². The van der Waals surface area contributed by atoms with Crippen molar-refractivity contribution in [2.45, 2.75) is 38.7 Å². The summed E-state index contributed by atoms with van der Waals surface area (Å²) in [6.07, 6.45) is 1.69. The van der Waals surface area contributed by atoms with E-state index in [9.17, 15) is 13.2 Å². The molecule has 1 saturated heterocycles. The third-order valence-corrected chi connectivity index (χ3v) is 8.65. The van der Waals surface area contributed by atoms with Gasteiger partial charge in [-0.05, 0) is 67.5 Å². The van der Waals surface area contributed by atoms with Crippen LogP contribution in [-0.2, 0) is 10.0 Å². The largest absolute Gasteiger partial charge is 0.475 e. The molecule has 2 unspecified atom stereocenters. The van der Waals surface area contributed by atoms with Gasteiger partial charge in [0.25, 0.3) is 15.9 Å². The summed E-state index contributed by atoms with van der Waals surface area (Å²) in [6, 6.07) is 12.8. The predicted molar refractivity (Wildman–Crippen MR) is 142 cm³/mol. The highest BCUT2D eigenvalue weighted by atomic mass is 32.2. The number of hydrogen-bond donors (Lipinski definition) is 2. The van der Waals surface area contributed by atoms with Crippen LogP contribution in [0.4, 0.5) is 11.5 Å². The van der Waals surface area contributed by atoms with Crippen LogP contribution < -0.4 is 20.1 Å². The van der Waals surface area contributed by atoms with Crippen LogP contribution in [0.15, 0.2) is 59.6 Å². The Labute approximate surface area is 217 Å². The molecule has 5 rings (SSSR count). The fourth-order valence-corrected chi connectivity index (χ4v) is 6.11. The normalized spacial score (nSPS) is 20.0. The van der Waals surface area contributed by atoms with E-state index < -0.39 is 15.9 Å². The number of amides is 1. The van der Waals surface area contributed by atoms with Crippen molar-refractivity contribution >= 4 is 27.4 Å². The Morgan fingerprint density at radius 1 is 1.14 bits per heavy atom. The molecule has 2 aliphatic rings. The molecule has 2 atom stereocenters. The molecule has 194 valence electrons. The van der Waals surface area contributed by atoms with Crippen molar-refractivity contribution in [3.05, 3.63) is 60.3 Å². The molecule has 9 nitrogen and oxygen atoms in total. The maximum absolute atomic E-state index is 13.3. The molecular weight excluding hydrogens is 490 g/mol. The molecule has 1 saturated carbocycles. The number of piperidine rings is 1. The molecule has 1 aliphatic carbocycles. The van der Waals surface area contributed by atoms with E-state index >= 15 is 0 Å². The first kappa shape index (κ1) is 25.0. The van der Waals surface area contributed by atoms with Gasteiger partial charge in [0.2, 0.25) is 5.88 Å². The van der Waals surface area contributed by atoms with Crippen molar-refractivity contribution in [3.8, 4) is 17.1 Å². The summed E-state index contributed by atoms with van der Waals surface area (Å²) in [7, 11) is -4.12. The number of nitrogens with two attached hydrogens (primary N) is 1. The van der Waals surface area contributed by atoms with Gasteiger partial charge in [-0.3, -0.25) is 4.79 Å². The zero-order chi connectivity index (χ0) is 26.5. The van der Waals surface area contributed by atoms with Crippen molar-refractivity contribution < 1.29 is 17.9 Å². The van der Waals surface area contributed by atoms with Crippen LogP contribution in [0.3, 0.4) is 0 Å². The smallest absolute Gasteiger partial charge is 0.268 e. The first-order valence-electron chi connectivity index (χ1n) is 12.3. The number of ether oxygens (including phenoxy) is 1. The number of fused-ring (bicyclic) bond motifs is 1. The van der Waals surface area contributed by atoms with Crippen LogP contribution in [0.2, 0.25) is 0 Å². The topological polar surface area (TPSA) is 128 Å². The number of anilines is 2. The molecule has 3 N–H and O–H groups in total. The number of pyridine rings is 2. The summed E-state index contributed by atoms with van der Waals surface area (Å²) in [5.41, 5.74) is 7.89. The van der Waals surface area contributed by atoms with Crippen LogP contribution in [0.25, 0.3) is 11.3 Å². The van der Waals surface area contributed by atoms with Gasteiger partial charge >= 0.3 is 0 Å². The van der Waals surface area contributed by atoms with Gasteiger partial charge in [0.05, 0.1) is 22.3 Å². The average Bonchev–Trinajstić information content (AvgIpc) is 3.16. The molecule has 10 heteroatoms. The van der Waals surface area contributed by atoms with E-state index in [1.807, 2.05) is 19.9 Å². The molecule has 2 fully saturated rings. The van der Waals surface area contributed by atoms with Crippen LogP contribution >= 0.6 is 0 Å². The van der Waals surface area contributed by atoms with Gasteiger partial charge in [0.15, 0.2) is 0 Å². The maximum Gasteiger partial charge on any atom is 0.268 e. The van der Waals surface area contributed by atoms with Crippen molar-refractivity contribution in [1.82, 2.24) is 14.7 Å². The molecule has 1 aromatic carbocycles. The molecule has 3 aromatic rings. The standard InChI is InChI=1S/C27H31N5O4S/c1-16(2)36-24-11-8-17(13-29-24)23-10-9-20(25(30-23)32-14-21-22(15-32)27(21,3)4)26(33)31-37(34,35)19-7-5-6-18(28)12-19/h5-13,16,21-22H,14-15,28H2,1-4H3,(H,31,33). The fourth-order valence-electron chi connectivity index (χ4n) is 5.09. The van der Waals surface area contributed by atoms with E-state index in [0.717, 1.165) is 18.7 Å². The Kier molecular flexibility index (Phi) is 6.10. The minimum atomic E-state index is -4.12. The molecule has 1 aliphatic heterocycles. The summed E-state index contributed by atoms with van der Waals surface area (Å²) >= 11 is 0. The summed E-state index contributed by atoms with van der Waals surface area (Å²) in [5, 5.41) is 0. The highest BCUT2D eigenvalue weighted by Gasteiger charge is 2.62. The van der Waals surface area contributed by atoms with Crippen LogP contribution in [-0.4, -0.2) is 43.5 Å². The highest BCUT2D eigenvalue weighted by molar-refractivity contribution is 7.90. The summed E-state index contributed by atoms with van der Waals surface area (Å²) in [4.78, 5) is 24.5. The number of rotatable bonds is 7. The average molecular weight is 522 g/mol. The zero-order valence-electron chi connectivity index (χ0n) is 21.3. The van der Waals surface area contributed by atoms with Crippen molar-refractivity contribution in [2.75, 3.05) is 23.7 Å². The van der Waals surface area contributed by atoms with Crippen molar-refractivity contribution in [1.29, 1.82) is 0 Å². The van der Waals surface area contributed by atoms with Gasteiger partial charge < -0.3 is 15.4 Å². The number of sulfonamides is 1. The number of aromatic nitrogens is 2. The summed E-state index contributed by atoms with van der Waals surface area (Å²) < 4.78 is 33.6. The lowest BCUT2D eigenvalue weighted by atomic mass is 10.1. The molecule has 0 bridgehead atoms. The molecule has 0 radical (unpaired) electrons. The highest BCUT2D eigenvalue weighted by Crippen LogP contribution is 2.62. The van der Waals surface area contributed by atoms with E-state index in [0.29, 0.717) is 34.9 Å². The Bertz CT molecular complexity index is 1440. The Balaban J connectivity index is 1.47. The Morgan fingerprint density at radius 3 is 2.49 bits per heavy atom. The van der Waals surface area contributed by atoms with E-state index in [1.165, 1.54) is 18.2 Å². The van der Waals surface area contributed by atoms with Gasteiger partial charge in [-0.15, -0.1) is 0 Å².